The third-order valence-corrected chi connectivity index (χ3v) is 2.32. The molecule has 1 aromatic heterocycles. The number of rotatable bonds is 5. The Bertz CT molecular complexity index is 371. The van der Waals surface area contributed by atoms with E-state index in [9.17, 15) is 13.2 Å². The summed E-state index contributed by atoms with van der Waals surface area (Å²) in [4.78, 5) is 3.83. The molecule has 2 N–H and O–H groups in total. The van der Waals surface area contributed by atoms with Gasteiger partial charge in [-0.15, -0.1) is 0 Å². The summed E-state index contributed by atoms with van der Waals surface area (Å²) < 4.78 is 40.6. The van der Waals surface area contributed by atoms with Crippen molar-refractivity contribution in [3.05, 3.63) is 22.8 Å². The Morgan fingerprint density at radius 3 is 2.71 bits per heavy atom. The van der Waals surface area contributed by atoms with Crippen molar-refractivity contribution in [1.29, 1.82) is 0 Å². The molecule has 0 aliphatic carbocycles. The van der Waals surface area contributed by atoms with Crippen molar-refractivity contribution in [2.45, 2.75) is 25.6 Å². The number of hydrogen-bond acceptors (Lipinski definition) is 3. The smallest absolute Gasteiger partial charge is 0.389 e. The van der Waals surface area contributed by atoms with E-state index in [1.165, 1.54) is 12.3 Å². The summed E-state index contributed by atoms with van der Waals surface area (Å²) in [5.74, 6) is 0.233. The number of nitrogens with two attached hydrogens (primary N) is 1. The maximum Gasteiger partial charge on any atom is 0.389 e. The van der Waals surface area contributed by atoms with Gasteiger partial charge in [-0.05, 0) is 12.0 Å². The van der Waals surface area contributed by atoms with Gasteiger partial charge in [0.05, 0.1) is 11.6 Å². The molecule has 0 atom stereocenters. The van der Waals surface area contributed by atoms with Gasteiger partial charge in [-0.2, -0.15) is 13.2 Å². The molecule has 0 aromatic carbocycles. The second kappa shape index (κ2) is 6.07. The highest BCUT2D eigenvalue weighted by Crippen LogP contribution is 2.22. The molecular weight excluding hydrogens is 257 g/mol. The van der Waals surface area contributed by atoms with Gasteiger partial charge in [0.15, 0.2) is 0 Å². The van der Waals surface area contributed by atoms with Crippen LogP contribution in [0.1, 0.15) is 18.4 Å². The van der Waals surface area contributed by atoms with Crippen molar-refractivity contribution >= 4 is 11.6 Å². The minimum absolute atomic E-state index is 0.0435. The van der Waals surface area contributed by atoms with Crippen LogP contribution < -0.4 is 10.5 Å². The Kier molecular flexibility index (Phi) is 5.02. The minimum atomic E-state index is -4.15. The second-order valence-electron chi connectivity index (χ2n) is 3.39. The van der Waals surface area contributed by atoms with Crippen molar-refractivity contribution in [3.8, 4) is 5.88 Å². The third kappa shape index (κ3) is 5.23. The Morgan fingerprint density at radius 2 is 2.12 bits per heavy atom. The van der Waals surface area contributed by atoms with Gasteiger partial charge in [-0.25, -0.2) is 4.98 Å². The SMILES string of the molecule is NCc1cc(OCCCC(F)(F)F)ncc1Cl. The zero-order valence-corrected chi connectivity index (χ0v) is 9.68. The van der Waals surface area contributed by atoms with Crippen LogP contribution in [0.2, 0.25) is 5.02 Å². The molecule has 96 valence electrons. The van der Waals surface area contributed by atoms with Gasteiger partial charge in [-0.1, -0.05) is 11.6 Å². The molecule has 1 rings (SSSR count). The number of pyridine rings is 1. The van der Waals surface area contributed by atoms with Crippen LogP contribution in [-0.4, -0.2) is 17.8 Å². The van der Waals surface area contributed by atoms with E-state index < -0.39 is 12.6 Å². The third-order valence-electron chi connectivity index (χ3n) is 1.98. The normalized spacial score (nSPS) is 11.6. The van der Waals surface area contributed by atoms with E-state index in [2.05, 4.69) is 4.98 Å². The predicted molar refractivity (Wildman–Crippen MR) is 57.9 cm³/mol. The number of aromatic nitrogens is 1. The van der Waals surface area contributed by atoms with Crippen LogP contribution in [0.4, 0.5) is 13.2 Å². The fourth-order valence-electron chi connectivity index (χ4n) is 1.14. The van der Waals surface area contributed by atoms with Gasteiger partial charge in [0.2, 0.25) is 5.88 Å². The maximum atomic E-state index is 11.8. The molecule has 0 spiro atoms. The van der Waals surface area contributed by atoms with Crippen LogP contribution in [-0.2, 0) is 6.54 Å². The van der Waals surface area contributed by atoms with Crippen LogP contribution in [0, 0.1) is 0 Å². The summed E-state index contributed by atoms with van der Waals surface area (Å²) in [7, 11) is 0. The molecule has 0 saturated carbocycles. The summed E-state index contributed by atoms with van der Waals surface area (Å²) in [5, 5.41) is 0.412. The number of hydrogen-bond donors (Lipinski definition) is 1. The number of alkyl halides is 3. The summed E-state index contributed by atoms with van der Waals surface area (Å²) in [6.45, 7) is 0.179. The fraction of sp³-hybridized carbons (Fsp3) is 0.500. The van der Waals surface area contributed by atoms with Crippen LogP contribution in [0.5, 0.6) is 5.88 Å². The lowest BCUT2D eigenvalue weighted by Crippen LogP contribution is -2.10. The molecule has 0 radical (unpaired) electrons. The fourth-order valence-corrected chi connectivity index (χ4v) is 1.32. The van der Waals surface area contributed by atoms with Gasteiger partial charge in [0.1, 0.15) is 0 Å². The summed E-state index contributed by atoms with van der Waals surface area (Å²) in [6.07, 6.45) is -3.77. The molecule has 1 aromatic rings. The van der Waals surface area contributed by atoms with Crippen molar-refractivity contribution in [3.63, 3.8) is 0 Å². The van der Waals surface area contributed by atoms with Crippen molar-refractivity contribution in [1.82, 2.24) is 4.98 Å². The lowest BCUT2D eigenvalue weighted by molar-refractivity contribution is -0.136. The molecule has 3 nitrogen and oxygen atoms in total. The molecular formula is C10H12ClF3N2O. The van der Waals surface area contributed by atoms with E-state index in [1.807, 2.05) is 0 Å². The van der Waals surface area contributed by atoms with Gasteiger partial charge >= 0.3 is 6.18 Å². The lowest BCUT2D eigenvalue weighted by Gasteiger charge is -2.08. The summed E-state index contributed by atoms with van der Waals surface area (Å²) in [5.41, 5.74) is 6.06. The largest absolute Gasteiger partial charge is 0.478 e. The highest BCUT2D eigenvalue weighted by Gasteiger charge is 2.26. The van der Waals surface area contributed by atoms with Crippen molar-refractivity contribution in [2.75, 3.05) is 6.61 Å². The molecule has 1 heterocycles. The summed E-state index contributed by atoms with van der Waals surface area (Å²) in [6, 6.07) is 1.52. The van der Waals surface area contributed by atoms with Crippen molar-refractivity contribution in [2.24, 2.45) is 5.73 Å². The van der Waals surface area contributed by atoms with Crippen LogP contribution in [0.15, 0.2) is 12.3 Å². The first kappa shape index (κ1) is 14.1. The first-order chi connectivity index (χ1) is 7.92. The quantitative estimate of drug-likeness (QED) is 0.836. The lowest BCUT2D eigenvalue weighted by atomic mass is 10.2. The second-order valence-corrected chi connectivity index (χ2v) is 3.79. The van der Waals surface area contributed by atoms with E-state index in [-0.39, 0.29) is 25.5 Å². The van der Waals surface area contributed by atoms with Crippen LogP contribution in [0.25, 0.3) is 0 Å². The Balaban J connectivity index is 2.42. The van der Waals surface area contributed by atoms with Crippen LogP contribution in [0.3, 0.4) is 0 Å². The molecule has 7 heteroatoms. The highest BCUT2D eigenvalue weighted by molar-refractivity contribution is 6.31. The Labute approximate surface area is 102 Å². The van der Waals surface area contributed by atoms with E-state index in [4.69, 9.17) is 22.1 Å². The molecule has 0 aliphatic rings. The van der Waals surface area contributed by atoms with E-state index in [1.54, 1.807) is 0 Å². The molecule has 17 heavy (non-hydrogen) atoms. The Hall–Kier alpha value is -1.01. The number of halogens is 4. The number of nitrogens with zero attached hydrogens (tertiary/aromatic N) is 1. The zero-order chi connectivity index (χ0) is 12.9. The molecule has 0 unspecified atom stereocenters. The monoisotopic (exact) mass is 268 g/mol. The molecule has 0 aliphatic heterocycles. The molecule has 0 fully saturated rings. The van der Waals surface area contributed by atoms with Gasteiger partial charge in [0, 0.05) is 25.2 Å². The maximum absolute atomic E-state index is 11.8. The number of ether oxygens (including phenoxy) is 1. The topological polar surface area (TPSA) is 48.1 Å². The van der Waals surface area contributed by atoms with Crippen molar-refractivity contribution < 1.29 is 17.9 Å². The molecule has 0 amide bonds. The van der Waals surface area contributed by atoms with Gasteiger partial charge < -0.3 is 10.5 Å². The van der Waals surface area contributed by atoms with Gasteiger partial charge in [0.25, 0.3) is 0 Å². The van der Waals surface area contributed by atoms with E-state index in [0.717, 1.165) is 0 Å². The predicted octanol–water partition coefficient (Wildman–Crippen LogP) is 2.92. The highest BCUT2D eigenvalue weighted by atomic mass is 35.5. The van der Waals surface area contributed by atoms with E-state index in [0.29, 0.717) is 10.6 Å². The molecule has 0 bridgehead atoms. The first-order valence-corrected chi connectivity index (χ1v) is 5.34. The van der Waals surface area contributed by atoms with Gasteiger partial charge in [-0.3, -0.25) is 0 Å². The first-order valence-electron chi connectivity index (χ1n) is 4.96. The zero-order valence-electron chi connectivity index (χ0n) is 8.93. The average Bonchev–Trinajstić information content (AvgIpc) is 2.25. The van der Waals surface area contributed by atoms with Crippen LogP contribution >= 0.6 is 11.6 Å². The Morgan fingerprint density at radius 1 is 1.41 bits per heavy atom. The standard InChI is InChI=1S/C10H12ClF3N2O/c11-8-6-16-9(4-7(8)5-15)17-3-1-2-10(12,13)14/h4,6H,1-3,5,15H2. The van der Waals surface area contributed by atoms with E-state index >= 15 is 0 Å². The average molecular weight is 269 g/mol. The minimum Gasteiger partial charge on any atom is -0.478 e. The summed E-state index contributed by atoms with van der Waals surface area (Å²) >= 11 is 5.77. The molecule has 0 saturated heterocycles.